The summed E-state index contributed by atoms with van der Waals surface area (Å²) in [7, 11) is 1.64. The lowest BCUT2D eigenvalue weighted by Gasteiger charge is -2.27. The smallest absolute Gasteiger partial charge is 0.272 e. The van der Waals surface area contributed by atoms with Gasteiger partial charge in [-0.05, 0) is 24.6 Å². The van der Waals surface area contributed by atoms with E-state index < -0.39 is 0 Å². The number of hydrogen-bond acceptors (Lipinski definition) is 5. The maximum absolute atomic E-state index is 12.9. The normalized spacial score (nSPS) is 13.9. The van der Waals surface area contributed by atoms with Crippen molar-refractivity contribution in [2.24, 2.45) is 0 Å². The first-order chi connectivity index (χ1) is 14.2. The maximum Gasteiger partial charge on any atom is 0.272 e. The van der Waals surface area contributed by atoms with Crippen LogP contribution < -0.4 is 10.1 Å². The van der Waals surface area contributed by atoms with Gasteiger partial charge in [0.15, 0.2) is 5.69 Å². The summed E-state index contributed by atoms with van der Waals surface area (Å²) < 4.78 is 7.14. The Morgan fingerprint density at radius 3 is 2.79 bits per heavy atom. The first-order valence-electron chi connectivity index (χ1n) is 9.87. The van der Waals surface area contributed by atoms with Gasteiger partial charge in [-0.3, -0.25) is 19.5 Å². The fraction of sp³-hybridized carbons (Fsp3) is 0.381. The lowest BCUT2D eigenvalue weighted by atomic mass is 10.0. The minimum atomic E-state index is -0.130. The number of carbonyl (C=O) groups is 1. The quantitative estimate of drug-likeness (QED) is 0.641. The lowest BCUT2D eigenvalue weighted by Crippen LogP contribution is -2.32. The summed E-state index contributed by atoms with van der Waals surface area (Å²) >= 11 is 0. The third kappa shape index (κ3) is 4.17. The van der Waals surface area contributed by atoms with Crippen LogP contribution in [0.5, 0.6) is 5.75 Å². The molecule has 8 heteroatoms. The van der Waals surface area contributed by atoms with Crippen LogP contribution in [0.3, 0.4) is 0 Å². The number of H-pyrrole nitrogens is 1. The molecule has 1 amide bonds. The number of nitrogens with one attached hydrogen (secondary N) is 2. The van der Waals surface area contributed by atoms with Gasteiger partial charge < -0.3 is 10.1 Å². The molecule has 3 heterocycles. The van der Waals surface area contributed by atoms with Gasteiger partial charge in [0.2, 0.25) is 0 Å². The summed E-state index contributed by atoms with van der Waals surface area (Å²) in [5.74, 6) is 0.669. The van der Waals surface area contributed by atoms with Gasteiger partial charge in [-0.1, -0.05) is 12.1 Å². The maximum atomic E-state index is 12.9. The van der Waals surface area contributed by atoms with E-state index in [9.17, 15) is 4.79 Å². The number of nitrogens with zero attached hydrogens (tertiary/aromatic N) is 4. The molecule has 8 nitrogen and oxygen atoms in total. The van der Waals surface area contributed by atoms with Crippen LogP contribution >= 0.6 is 0 Å². The Labute approximate surface area is 169 Å². The Kier molecular flexibility index (Phi) is 5.62. The Hall–Kier alpha value is -3.13. The molecule has 2 N–H and O–H groups in total. The third-order valence-electron chi connectivity index (χ3n) is 5.30. The highest BCUT2D eigenvalue weighted by Crippen LogP contribution is 2.24. The van der Waals surface area contributed by atoms with E-state index in [4.69, 9.17) is 4.74 Å². The monoisotopic (exact) mass is 394 g/mol. The molecule has 0 atom stereocenters. The Balaban J connectivity index is 1.48. The van der Waals surface area contributed by atoms with E-state index in [1.165, 1.54) is 5.69 Å². The van der Waals surface area contributed by atoms with Crippen LogP contribution in [0.15, 0.2) is 36.7 Å². The molecule has 4 rings (SSSR count). The van der Waals surface area contributed by atoms with E-state index in [0.717, 1.165) is 48.5 Å². The molecule has 0 spiro atoms. The number of carbonyl (C=O) groups excluding carboxylic acids is 1. The predicted octanol–water partition coefficient (Wildman–Crippen LogP) is 2.12. The highest BCUT2D eigenvalue weighted by molar-refractivity contribution is 5.94. The molecule has 0 saturated heterocycles. The van der Waals surface area contributed by atoms with Crippen molar-refractivity contribution in [1.82, 2.24) is 30.2 Å². The number of aryl methyl sites for hydroxylation is 1. The van der Waals surface area contributed by atoms with Crippen molar-refractivity contribution in [2.45, 2.75) is 39.5 Å². The molecule has 1 aromatic carbocycles. The zero-order valence-corrected chi connectivity index (χ0v) is 16.8. The topological polar surface area (TPSA) is 88.1 Å². The average molecular weight is 394 g/mol. The summed E-state index contributed by atoms with van der Waals surface area (Å²) in [4.78, 5) is 15.2. The number of hydrogen-bond donors (Lipinski definition) is 2. The Morgan fingerprint density at radius 2 is 2.10 bits per heavy atom. The largest absolute Gasteiger partial charge is 0.497 e. The van der Waals surface area contributed by atoms with Gasteiger partial charge in [-0.15, -0.1) is 0 Å². The molecule has 1 aliphatic heterocycles. The summed E-state index contributed by atoms with van der Waals surface area (Å²) in [6, 6.07) is 7.68. The number of methoxy groups -OCH3 is 1. The molecule has 0 unspecified atom stereocenters. The van der Waals surface area contributed by atoms with Crippen LogP contribution in [0.2, 0.25) is 0 Å². The van der Waals surface area contributed by atoms with Crippen LogP contribution in [0.25, 0.3) is 0 Å². The standard InChI is InChI=1S/C21H26N6O2/c1-3-27-19-8-9-26(13-16-11-23-24-12-16)14-18(19)20(25-27)21(28)22-10-15-4-6-17(29-2)7-5-15/h4-7,11-12H,3,8-10,13-14H2,1-2H3,(H,22,28)(H,23,24). The minimum Gasteiger partial charge on any atom is -0.497 e. The molecule has 3 aromatic rings. The zero-order chi connectivity index (χ0) is 20.2. The summed E-state index contributed by atoms with van der Waals surface area (Å²) in [6.45, 7) is 5.73. The number of aromatic amines is 1. The molecule has 0 fully saturated rings. The zero-order valence-electron chi connectivity index (χ0n) is 16.8. The molecular formula is C21H26N6O2. The predicted molar refractivity (Wildman–Crippen MR) is 108 cm³/mol. The summed E-state index contributed by atoms with van der Waals surface area (Å²) in [5.41, 5.74) is 4.90. The van der Waals surface area contributed by atoms with Crippen molar-refractivity contribution in [1.29, 1.82) is 0 Å². The van der Waals surface area contributed by atoms with Crippen LogP contribution in [-0.2, 0) is 32.6 Å². The van der Waals surface area contributed by atoms with Crippen LogP contribution in [0.4, 0.5) is 0 Å². The van der Waals surface area contributed by atoms with Crippen molar-refractivity contribution in [3.8, 4) is 5.75 Å². The van der Waals surface area contributed by atoms with E-state index in [-0.39, 0.29) is 5.91 Å². The van der Waals surface area contributed by atoms with Gasteiger partial charge in [0, 0.05) is 62.2 Å². The van der Waals surface area contributed by atoms with Crippen molar-refractivity contribution in [3.63, 3.8) is 0 Å². The molecule has 29 heavy (non-hydrogen) atoms. The van der Waals surface area contributed by atoms with Crippen molar-refractivity contribution in [3.05, 3.63) is 64.7 Å². The second kappa shape index (κ2) is 8.48. The van der Waals surface area contributed by atoms with E-state index in [1.54, 1.807) is 7.11 Å². The molecule has 2 aromatic heterocycles. The van der Waals surface area contributed by atoms with E-state index >= 15 is 0 Å². The number of benzene rings is 1. The van der Waals surface area contributed by atoms with Crippen molar-refractivity contribution < 1.29 is 9.53 Å². The first kappa shape index (κ1) is 19.2. The van der Waals surface area contributed by atoms with Gasteiger partial charge in [-0.2, -0.15) is 10.2 Å². The van der Waals surface area contributed by atoms with Crippen LogP contribution in [-0.4, -0.2) is 44.4 Å². The molecule has 0 radical (unpaired) electrons. The highest BCUT2D eigenvalue weighted by atomic mass is 16.5. The molecular weight excluding hydrogens is 368 g/mol. The van der Waals surface area contributed by atoms with Gasteiger partial charge in [-0.25, -0.2) is 0 Å². The second-order valence-corrected chi connectivity index (χ2v) is 7.19. The fourth-order valence-corrected chi connectivity index (χ4v) is 3.76. The Morgan fingerprint density at radius 1 is 1.28 bits per heavy atom. The summed E-state index contributed by atoms with van der Waals surface area (Å²) in [5, 5.41) is 14.5. The number of rotatable bonds is 7. The SMILES string of the molecule is CCn1nc(C(=O)NCc2ccc(OC)cc2)c2c1CCN(Cc1cn[nH]c1)C2. The molecule has 0 aliphatic carbocycles. The Bertz CT molecular complexity index is 962. The van der Waals surface area contributed by atoms with Gasteiger partial charge >= 0.3 is 0 Å². The summed E-state index contributed by atoms with van der Waals surface area (Å²) in [6.07, 6.45) is 4.64. The average Bonchev–Trinajstić information content (AvgIpc) is 3.39. The molecule has 0 bridgehead atoms. The third-order valence-corrected chi connectivity index (χ3v) is 5.30. The molecule has 0 saturated carbocycles. The number of aromatic nitrogens is 4. The van der Waals surface area contributed by atoms with Crippen LogP contribution in [0, 0.1) is 0 Å². The van der Waals surface area contributed by atoms with Gasteiger partial charge in [0.05, 0.1) is 13.3 Å². The molecule has 1 aliphatic rings. The first-order valence-corrected chi connectivity index (χ1v) is 9.87. The van der Waals surface area contributed by atoms with E-state index in [0.29, 0.717) is 18.8 Å². The lowest BCUT2D eigenvalue weighted by molar-refractivity contribution is 0.0942. The van der Waals surface area contributed by atoms with Crippen LogP contribution in [0.1, 0.15) is 39.8 Å². The number of fused-ring (bicyclic) bond motifs is 1. The number of ether oxygens (including phenoxy) is 1. The molecule has 152 valence electrons. The number of amides is 1. The highest BCUT2D eigenvalue weighted by Gasteiger charge is 2.27. The van der Waals surface area contributed by atoms with E-state index in [1.807, 2.05) is 41.3 Å². The van der Waals surface area contributed by atoms with Crippen molar-refractivity contribution >= 4 is 5.91 Å². The fourth-order valence-electron chi connectivity index (χ4n) is 3.76. The van der Waals surface area contributed by atoms with E-state index in [2.05, 4.69) is 32.4 Å². The van der Waals surface area contributed by atoms with Gasteiger partial charge in [0.25, 0.3) is 5.91 Å². The second-order valence-electron chi connectivity index (χ2n) is 7.19. The minimum absolute atomic E-state index is 0.130. The van der Waals surface area contributed by atoms with Crippen molar-refractivity contribution in [2.75, 3.05) is 13.7 Å². The van der Waals surface area contributed by atoms with Gasteiger partial charge in [0.1, 0.15) is 5.75 Å².